The summed E-state index contributed by atoms with van der Waals surface area (Å²) in [5, 5.41) is 5.32. The normalized spacial score (nSPS) is 16.0. The van der Waals surface area contributed by atoms with Crippen LogP contribution in [0, 0.1) is 0 Å². The van der Waals surface area contributed by atoms with Gasteiger partial charge in [-0.15, -0.1) is 0 Å². The minimum absolute atomic E-state index is 0.122. The van der Waals surface area contributed by atoms with Crippen molar-refractivity contribution >= 4 is 34.6 Å². The lowest BCUT2D eigenvalue weighted by Crippen LogP contribution is -3.15. The standard InChI is InChI=1S/C16H17ClN4O2/c17-16-13(9-12-3-1-2-4-14(12)19-16)10-18-20-15(22)11-21-5-7-23-8-6-21/h1-4,9-10H,5-8,11H2,(H,20,22)/p+1/b18-10-. The van der Waals surface area contributed by atoms with Crippen LogP contribution in [0.15, 0.2) is 35.4 Å². The topological polar surface area (TPSA) is 68.0 Å². The lowest BCUT2D eigenvalue weighted by atomic mass is 10.2. The number of pyridine rings is 1. The molecule has 6 nitrogen and oxygen atoms in total. The first-order valence-corrected chi connectivity index (χ1v) is 7.89. The van der Waals surface area contributed by atoms with Gasteiger partial charge in [-0.3, -0.25) is 4.79 Å². The van der Waals surface area contributed by atoms with Gasteiger partial charge >= 0.3 is 0 Å². The van der Waals surface area contributed by atoms with Crippen LogP contribution in [-0.2, 0) is 9.53 Å². The van der Waals surface area contributed by atoms with Crippen molar-refractivity contribution in [2.24, 2.45) is 5.10 Å². The van der Waals surface area contributed by atoms with E-state index < -0.39 is 0 Å². The minimum Gasteiger partial charge on any atom is -0.370 e. The fraction of sp³-hybridized carbons (Fsp3) is 0.312. The molecule has 0 spiro atoms. The summed E-state index contributed by atoms with van der Waals surface area (Å²) >= 11 is 6.14. The van der Waals surface area contributed by atoms with Gasteiger partial charge in [0.1, 0.15) is 18.2 Å². The number of halogens is 1. The first kappa shape index (κ1) is 15.9. The number of quaternary nitrogens is 1. The Bertz CT molecular complexity index is 729. The number of nitrogens with one attached hydrogen (secondary N) is 2. The van der Waals surface area contributed by atoms with Gasteiger partial charge in [0.05, 0.1) is 24.9 Å². The maximum Gasteiger partial charge on any atom is 0.295 e. The maximum absolute atomic E-state index is 11.9. The number of hydrogen-bond donors (Lipinski definition) is 2. The Morgan fingerprint density at radius 2 is 2.17 bits per heavy atom. The molecule has 1 amide bonds. The summed E-state index contributed by atoms with van der Waals surface area (Å²) in [4.78, 5) is 17.4. The molecule has 0 atom stereocenters. The molecule has 0 aliphatic carbocycles. The van der Waals surface area contributed by atoms with E-state index in [1.807, 2.05) is 30.3 Å². The zero-order chi connectivity index (χ0) is 16.1. The molecular weight excluding hydrogens is 316 g/mol. The number of morpholine rings is 1. The molecule has 1 fully saturated rings. The number of rotatable bonds is 4. The highest BCUT2D eigenvalue weighted by Gasteiger charge is 2.17. The molecule has 2 heterocycles. The molecule has 1 aliphatic heterocycles. The number of carbonyl (C=O) groups excluding carboxylic acids is 1. The number of hydrazone groups is 1. The quantitative estimate of drug-likeness (QED) is 0.479. The van der Waals surface area contributed by atoms with Crippen molar-refractivity contribution in [3.8, 4) is 0 Å². The van der Waals surface area contributed by atoms with Gasteiger partial charge in [0.25, 0.3) is 5.91 Å². The number of aromatic nitrogens is 1. The van der Waals surface area contributed by atoms with E-state index in [1.165, 1.54) is 11.1 Å². The molecule has 1 aromatic heterocycles. The molecule has 120 valence electrons. The zero-order valence-electron chi connectivity index (χ0n) is 12.6. The van der Waals surface area contributed by atoms with Gasteiger partial charge in [-0.25, -0.2) is 10.4 Å². The number of ether oxygens (including phenoxy) is 1. The smallest absolute Gasteiger partial charge is 0.295 e. The highest BCUT2D eigenvalue weighted by atomic mass is 35.5. The summed E-state index contributed by atoms with van der Waals surface area (Å²) in [6, 6.07) is 9.60. The molecule has 0 unspecified atom stereocenters. The Morgan fingerprint density at radius 1 is 1.39 bits per heavy atom. The Labute approximate surface area is 139 Å². The van der Waals surface area contributed by atoms with Crippen molar-refractivity contribution in [3.05, 3.63) is 41.0 Å². The SMILES string of the molecule is O=C(C[NH+]1CCOCC1)N/N=C\c1cc2ccccc2nc1Cl. The van der Waals surface area contributed by atoms with Crippen LogP contribution in [0.3, 0.4) is 0 Å². The van der Waals surface area contributed by atoms with E-state index in [9.17, 15) is 4.79 Å². The molecule has 1 aliphatic rings. The van der Waals surface area contributed by atoms with E-state index in [1.54, 1.807) is 0 Å². The molecule has 1 saturated heterocycles. The zero-order valence-corrected chi connectivity index (χ0v) is 13.3. The van der Waals surface area contributed by atoms with Crippen molar-refractivity contribution in [1.82, 2.24) is 10.4 Å². The first-order valence-electron chi connectivity index (χ1n) is 7.51. The molecule has 2 N–H and O–H groups in total. The second-order valence-electron chi connectivity index (χ2n) is 5.39. The van der Waals surface area contributed by atoms with Gasteiger partial charge in [-0.2, -0.15) is 5.10 Å². The molecular formula is C16H18ClN4O2+. The third-order valence-corrected chi connectivity index (χ3v) is 4.01. The monoisotopic (exact) mass is 333 g/mol. The molecule has 1 aromatic carbocycles. The average Bonchev–Trinajstić information content (AvgIpc) is 2.56. The van der Waals surface area contributed by atoms with Crippen molar-refractivity contribution in [2.75, 3.05) is 32.8 Å². The lowest BCUT2D eigenvalue weighted by Gasteiger charge is -2.22. The van der Waals surface area contributed by atoms with Gasteiger partial charge in [-0.1, -0.05) is 29.8 Å². The van der Waals surface area contributed by atoms with Crippen LogP contribution in [0.25, 0.3) is 10.9 Å². The molecule has 2 aromatic rings. The lowest BCUT2D eigenvalue weighted by molar-refractivity contribution is -0.900. The molecule has 0 radical (unpaired) electrons. The summed E-state index contributed by atoms with van der Waals surface area (Å²) in [6.45, 7) is 3.48. The van der Waals surface area contributed by atoms with Crippen LogP contribution in [0.2, 0.25) is 5.15 Å². The predicted octanol–water partition coefficient (Wildman–Crippen LogP) is 0.253. The highest BCUT2D eigenvalue weighted by Crippen LogP contribution is 2.18. The van der Waals surface area contributed by atoms with Gasteiger partial charge in [0.2, 0.25) is 0 Å². The van der Waals surface area contributed by atoms with Crippen molar-refractivity contribution in [2.45, 2.75) is 0 Å². The second kappa shape index (κ2) is 7.50. The van der Waals surface area contributed by atoms with Crippen LogP contribution in [-0.4, -0.2) is 50.0 Å². The molecule has 7 heteroatoms. The Kier molecular flexibility index (Phi) is 5.17. The fourth-order valence-electron chi connectivity index (χ4n) is 2.48. The molecule has 3 rings (SSSR count). The first-order chi connectivity index (χ1) is 11.2. The summed E-state index contributed by atoms with van der Waals surface area (Å²) < 4.78 is 5.26. The van der Waals surface area contributed by atoms with Gasteiger partial charge in [-0.05, 0) is 12.1 Å². The van der Waals surface area contributed by atoms with E-state index in [4.69, 9.17) is 16.3 Å². The summed E-state index contributed by atoms with van der Waals surface area (Å²) in [5.41, 5.74) is 4.04. The number of benzene rings is 1. The number of amides is 1. The largest absolute Gasteiger partial charge is 0.370 e. The highest BCUT2D eigenvalue weighted by molar-refractivity contribution is 6.32. The Hall–Kier alpha value is -2.02. The summed E-state index contributed by atoms with van der Waals surface area (Å²) in [5.74, 6) is -0.122. The van der Waals surface area contributed by atoms with E-state index in [2.05, 4.69) is 15.5 Å². The fourth-order valence-corrected chi connectivity index (χ4v) is 2.67. The molecule has 0 saturated carbocycles. The third kappa shape index (κ3) is 4.25. The van der Waals surface area contributed by atoms with E-state index in [-0.39, 0.29) is 5.91 Å². The average molecular weight is 334 g/mol. The van der Waals surface area contributed by atoms with Crippen LogP contribution >= 0.6 is 11.6 Å². The van der Waals surface area contributed by atoms with Gasteiger partial charge in [0, 0.05) is 10.9 Å². The number of nitrogens with zero attached hydrogens (tertiary/aromatic N) is 2. The Morgan fingerprint density at radius 3 is 3.00 bits per heavy atom. The van der Waals surface area contributed by atoms with Crippen LogP contribution < -0.4 is 10.3 Å². The summed E-state index contributed by atoms with van der Waals surface area (Å²) in [7, 11) is 0. The van der Waals surface area contributed by atoms with Crippen LogP contribution in [0.1, 0.15) is 5.56 Å². The molecule has 23 heavy (non-hydrogen) atoms. The number of carbonyl (C=O) groups is 1. The van der Waals surface area contributed by atoms with Crippen molar-refractivity contribution in [3.63, 3.8) is 0 Å². The predicted molar refractivity (Wildman–Crippen MR) is 88.9 cm³/mol. The second-order valence-corrected chi connectivity index (χ2v) is 5.75. The number of hydrogen-bond acceptors (Lipinski definition) is 4. The van der Waals surface area contributed by atoms with E-state index >= 15 is 0 Å². The van der Waals surface area contributed by atoms with E-state index in [0.29, 0.717) is 30.5 Å². The number of fused-ring (bicyclic) bond motifs is 1. The van der Waals surface area contributed by atoms with E-state index in [0.717, 1.165) is 24.0 Å². The Balaban J connectivity index is 1.61. The van der Waals surface area contributed by atoms with Gasteiger partial charge in [0.15, 0.2) is 6.54 Å². The molecule has 0 bridgehead atoms. The van der Waals surface area contributed by atoms with Crippen molar-refractivity contribution in [1.29, 1.82) is 0 Å². The summed E-state index contributed by atoms with van der Waals surface area (Å²) in [6.07, 6.45) is 1.52. The van der Waals surface area contributed by atoms with Crippen LogP contribution in [0.5, 0.6) is 0 Å². The maximum atomic E-state index is 11.9. The number of para-hydroxylation sites is 1. The van der Waals surface area contributed by atoms with Crippen molar-refractivity contribution < 1.29 is 14.4 Å². The van der Waals surface area contributed by atoms with Gasteiger partial charge < -0.3 is 9.64 Å². The minimum atomic E-state index is -0.122. The van der Waals surface area contributed by atoms with Crippen LogP contribution in [0.4, 0.5) is 0 Å². The third-order valence-electron chi connectivity index (χ3n) is 3.71.